The molecule has 1 aromatic carbocycles. The van der Waals surface area contributed by atoms with Gasteiger partial charge in [-0.2, -0.15) is 0 Å². The van der Waals surface area contributed by atoms with Gasteiger partial charge in [-0.3, -0.25) is 4.79 Å². The summed E-state index contributed by atoms with van der Waals surface area (Å²) in [5.74, 6) is -1.22. The van der Waals surface area contributed by atoms with Crippen molar-refractivity contribution < 1.29 is 28.6 Å². The summed E-state index contributed by atoms with van der Waals surface area (Å²) in [7, 11) is 1.27. The Hall–Kier alpha value is -2.87. The van der Waals surface area contributed by atoms with Crippen LogP contribution in [-0.4, -0.2) is 38.2 Å². The van der Waals surface area contributed by atoms with E-state index in [1.54, 1.807) is 31.2 Å². The van der Waals surface area contributed by atoms with Crippen molar-refractivity contribution in [2.45, 2.75) is 27.2 Å². The number of thiophene rings is 1. The molecule has 1 amide bonds. The molecular weight excluding hydrogens is 382 g/mol. The van der Waals surface area contributed by atoms with Crippen molar-refractivity contribution in [1.29, 1.82) is 0 Å². The van der Waals surface area contributed by atoms with E-state index in [-0.39, 0.29) is 24.5 Å². The molecule has 0 aliphatic carbocycles. The molecule has 0 bridgehead atoms. The molecule has 0 atom stereocenters. The summed E-state index contributed by atoms with van der Waals surface area (Å²) in [6, 6.07) is 6.49. The summed E-state index contributed by atoms with van der Waals surface area (Å²) in [6.07, 6.45) is 0.648. The number of aryl methyl sites for hydroxylation is 1. The molecule has 1 heterocycles. The van der Waals surface area contributed by atoms with Crippen LogP contribution in [0.3, 0.4) is 0 Å². The molecule has 0 saturated carbocycles. The summed E-state index contributed by atoms with van der Waals surface area (Å²) >= 11 is 1.32. The Labute approximate surface area is 167 Å². The highest BCUT2D eigenvalue weighted by atomic mass is 32.1. The third kappa shape index (κ3) is 4.89. The minimum Gasteiger partial charge on any atom is -0.483 e. The number of amides is 1. The SMILES string of the molecule is CCOC(=O)c1c(NC(=O)COc2ccccc2C(=O)OC)sc(C)c1CC. The maximum atomic E-state index is 12.4. The molecule has 2 aromatic rings. The van der Waals surface area contributed by atoms with E-state index < -0.39 is 17.8 Å². The first-order chi connectivity index (χ1) is 13.4. The summed E-state index contributed by atoms with van der Waals surface area (Å²) in [4.78, 5) is 37.4. The molecule has 150 valence electrons. The maximum Gasteiger partial charge on any atom is 0.341 e. The molecule has 0 unspecified atom stereocenters. The van der Waals surface area contributed by atoms with Crippen LogP contribution in [0.1, 0.15) is 45.0 Å². The Balaban J connectivity index is 2.14. The van der Waals surface area contributed by atoms with E-state index in [1.807, 2.05) is 13.8 Å². The van der Waals surface area contributed by atoms with Gasteiger partial charge in [0.05, 0.1) is 19.3 Å². The van der Waals surface area contributed by atoms with E-state index in [0.717, 1.165) is 10.4 Å². The third-order valence-corrected chi connectivity index (χ3v) is 5.01. The summed E-state index contributed by atoms with van der Waals surface area (Å²) in [5, 5.41) is 3.15. The molecular formula is C20H23NO6S. The van der Waals surface area contributed by atoms with E-state index in [9.17, 15) is 14.4 Å². The van der Waals surface area contributed by atoms with Gasteiger partial charge < -0.3 is 19.5 Å². The fourth-order valence-electron chi connectivity index (χ4n) is 2.69. The first kappa shape index (κ1) is 21.4. The van der Waals surface area contributed by atoms with Crippen LogP contribution >= 0.6 is 11.3 Å². The van der Waals surface area contributed by atoms with Crippen LogP contribution < -0.4 is 10.1 Å². The number of methoxy groups -OCH3 is 1. The zero-order chi connectivity index (χ0) is 20.7. The van der Waals surface area contributed by atoms with Crippen LogP contribution in [0.2, 0.25) is 0 Å². The second kappa shape index (κ2) is 9.89. The van der Waals surface area contributed by atoms with Gasteiger partial charge in [0.1, 0.15) is 16.3 Å². The number of anilines is 1. The van der Waals surface area contributed by atoms with Crippen LogP contribution in [0.4, 0.5) is 5.00 Å². The second-order valence-corrected chi connectivity index (χ2v) is 6.96. The van der Waals surface area contributed by atoms with Gasteiger partial charge in [0.15, 0.2) is 6.61 Å². The van der Waals surface area contributed by atoms with Crippen LogP contribution in [-0.2, 0) is 20.7 Å². The lowest BCUT2D eigenvalue weighted by Gasteiger charge is -2.11. The summed E-state index contributed by atoms with van der Waals surface area (Å²) < 4.78 is 15.3. The topological polar surface area (TPSA) is 90.9 Å². The average Bonchev–Trinajstić information content (AvgIpc) is 3.00. The van der Waals surface area contributed by atoms with E-state index in [2.05, 4.69) is 5.32 Å². The maximum absolute atomic E-state index is 12.4. The molecule has 0 saturated heterocycles. The van der Waals surface area contributed by atoms with Crippen molar-refractivity contribution in [1.82, 2.24) is 0 Å². The van der Waals surface area contributed by atoms with E-state index in [4.69, 9.17) is 14.2 Å². The first-order valence-electron chi connectivity index (χ1n) is 8.82. The quantitative estimate of drug-likeness (QED) is 0.675. The number of ether oxygens (including phenoxy) is 3. The normalized spacial score (nSPS) is 10.3. The van der Waals surface area contributed by atoms with Gasteiger partial charge in [0, 0.05) is 4.88 Å². The number of hydrogen-bond acceptors (Lipinski definition) is 7. The number of rotatable bonds is 8. The van der Waals surface area contributed by atoms with Gasteiger partial charge in [-0.25, -0.2) is 9.59 Å². The minimum absolute atomic E-state index is 0.227. The third-order valence-electron chi connectivity index (χ3n) is 3.95. The zero-order valence-corrected chi connectivity index (χ0v) is 17.1. The van der Waals surface area contributed by atoms with Crippen molar-refractivity contribution in [3.05, 3.63) is 45.8 Å². The summed E-state index contributed by atoms with van der Waals surface area (Å²) in [6.45, 7) is 5.49. The van der Waals surface area contributed by atoms with E-state index in [1.165, 1.54) is 18.4 Å². The molecule has 0 spiro atoms. The molecule has 0 radical (unpaired) electrons. The smallest absolute Gasteiger partial charge is 0.341 e. The Morgan fingerprint density at radius 2 is 1.82 bits per heavy atom. The number of hydrogen-bond donors (Lipinski definition) is 1. The second-order valence-electron chi connectivity index (χ2n) is 5.74. The Morgan fingerprint density at radius 3 is 2.46 bits per heavy atom. The zero-order valence-electron chi connectivity index (χ0n) is 16.3. The predicted molar refractivity (Wildman–Crippen MR) is 106 cm³/mol. The van der Waals surface area contributed by atoms with Crippen LogP contribution in [0, 0.1) is 6.92 Å². The molecule has 8 heteroatoms. The number of esters is 2. The highest BCUT2D eigenvalue weighted by Crippen LogP contribution is 2.34. The lowest BCUT2D eigenvalue weighted by molar-refractivity contribution is -0.118. The van der Waals surface area contributed by atoms with Gasteiger partial charge in [-0.1, -0.05) is 19.1 Å². The van der Waals surface area contributed by atoms with Gasteiger partial charge in [-0.05, 0) is 38.0 Å². The van der Waals surface area contributed by atoms with Gasteiger partial charge >= 0.3 is 11.9 Å². The lowest BCUT2D eigenvalue weighted by Crippen LogP contribution is -2.22. The van der Waals surface area contributed by atoms with Crippen molar-refractivity contribution in [2.75, 3.05) is 25.6 Å². The fourth-order valence-corrected chi connectivity index (χ4v) is 3.84. The molecule has 0 aliphatic rings. The highest BCUT2D eigenvalue weighted by molar-refractivity contribution is 7.16. The first-order valence-corrected chi connectivity index (χ1v) is 9.63. The number of benzene rings is 1. The predicted octanol–water partition coefficient (Wildman–Crippen LogP) is 3.60. The molecule has 7 nitrogen and oxygen atoms in total. The van der Waals surface area contributed by atoms with E-state index in [0.29, 0.717) is 17.0 Å². The van der Waals surface area contributed by atoms with Crippen molar-refractivity contribution >= 4 is 34.2 Å². The van der Waals surface area contributed by atoms with Crippen LogP contribution in [0.5, 0.6) is 5.75 Å². The number of para-hydroxylation sites is 1. The number of nitrogens with one attached hydrogen (secondary N) is 1. The fraction of sp³-hybridized carbons (Fsp3) is 0.350. The van der Waals surface area contributed by atoms with Gasteiger partial charge in [0.2, 0.25) is 0 Å². The molecule has 0 aliphatic heterocycles. The highest BCUT2D eigenvalue weighted by Gasteiger charge is 2.23. The Kier molecular flexibility index (Phi) is 7.57. The lowest BCUT2D eigenvalue weighted by atomic mass is 10.1. The molecule has 1 aromatic heterocycles. The monoisotopic (exact) mass is 405 g/mol. The Morgan fingerprint density at radius 1 is 1.11 bits per heavy atom. The number of carbonyl (C=O) groups excluding carboxylic acids is 3. The average molecular weight is 405 g/mol. The van der Waals surface area contributed by atoms with Crippen LogP contribution in [0.25, 0.3) is 0 Å². The van der Waals surface area contributed by atoms with Crippen molar-refractivity contribution in [2.24, 2.45) is 0 Å². The van der Waals surface area contributed by atoms with Gasteiger partial charge in [0.25, 0.3) is 5.91 Å². The molecule has 2 rings (SSSR count). The molecule has 28 heavy (non-hydrogen) atoms. The standard InChI is InChI=1S/C20H23NO6S/c1-5-13-12(3)28-18(17(13)20(24)26-6-2)21-16(22)11-27-15-10-8-7-9-14(15)19(23)25-4/h7-10H,5-6,11H2,1-4H3,(H,21,22). The van der Waals surface area contributed by atoms with Crippen molar-refractivity contribution in [3.8, 4) is 5.75 Å². The van der Waals surface area contributed by atoms with E-state index >= 15 is 0 Å². The van der Waals surface area contributed by atoms with Gasteiger partial charge in [-0.15, -0.1) is 11.3 Å². The Bertz CT molecular complexity index is 874. The molecule has 1 N–H and O–H groups in total. The number of carbonyl (C=O) groups is 3. The largest absolute Gasteiger partial charge is 0.483 e. The summed E-state index contributed by atoms with van der Waals surface area (Å²) in [5.41, 5.74) is 1.47. The minimum atomic E-state index is -0.554. The van der Waals surface area contributed by atoms with Crippen molar-refractivity contribution in [3.63, 3.8) is 0 Å². The molecule has 0 fully saturated rings. The van der Waals surface area contributed by atoms with Crippen LogP contribution in [0.15, 0.2) is 24.3 Å².